The van der Waals surface area contributed by atoms with Crippen LogP contribution in [0, 0.1) is 6.92 Å². The van der Waals surface area contributed by atoms with E-state index in [0.29, 0.717) is 5.88 Å². The van der Waals surface area contributed by atoms with Gasteiger partial charge in [0.2, 0.25) is 0 Å². The average molecular weight is 171 g/mol. The number of aromatic nitrogens is 2. The second kappa shape index (κ2) is 4.19. The number of halogens is 1. The standard InChI is InChI=1S/C8H11ClN2/c1-8-4-6-10-11(8)7-3-2-5-9/h2-4,6H,5,7H2,1H3. The second-order valence-corrected chi connectivity index (χ2v) is 2.59. The van der Waals surface area contributed by atoms with Gasteiger partial charge in [0.25, 0.3) is 0 Å². The summed E-state index contributed by atoms with van der Waals surface area (Å²) >= 11 is 5.47. The normalized spacial score (nSPS) is 11.1. The summed E-state index contributed by atoms with van der Waals surface area (Å²) in [6, 6.07) is 1.98. The van der Waals surface area contributed by atoms with Crippen LogP contribution in [0.2, 0.25) is 0 Å². The van der Waals surface area contributed by atoms with E-state index >= 15 is 0 Å². The van der Waals surface area contributed by atoms with E-state index in [0.717, 1.165) is 6.54 Å². The van der Waals surface area contributed by atoms with Crippen molar-refractivity contribution in [3.63, 3.8) is 0 Å². The summed E-state index contributed by atoms with van der Waals surface area (Å²) in [5, 5.41) is 4.11. The van der Waals surface area contributed by atoms with Crippen LogP contribution >= 0.6 is 11.6 Å². The molecule has 0 saturated carbocycles. The van der Waals surface area contributed by atoms with Gasteiger partial charge in [-0.15, -0.1) is 11.6 Å². The number of nitrogens with zero attached hydrogens (tertiary/aromatic N) is 2. The number of rotatable bonds is 3. The molecular weight excluding hydrogens is 160 g/mol. The van der Waals surface area contributed by atoms with Gasteiger partial charge < -0.3 is 0 Å². The van der Waals surface area contributed by atoms with Crippen LogP contribution in [0.4, 0.5) is 0 Å². The van der Waals surface area contributed by atoms with Gasteiger partial charge in [0.1, 0.15) is 0 Å². The van der Waals surface area contributed by atoms with Crippen LogP contribution in [0.1, 0.15) is 5.69 Å². The lowest BCUT2D eigenvalue weighted by Crippen LogP contribution is -1.98. The van der Waals surface area contributed by atoms with E-state index in [2.05, 4.69) is 5.10 Å². The third-order valence-corrected chi connectivity index (χ3v) is 1.64. The molecule has 0 fully saturated rings. The minimum absolute atomic E-state index is 0.570. The lowest BCUT2D eigenvalue weighted by molar-refractivity contribution is 0.678. The van der Waals surface area contributed by atoms with Crippen molar-refractivity contribution in [2.24, 2.45) is 0 Å². The zero-order valence-electron chi connectivity index (χ0n) is 6.50. The van der Waals surface area contributed by atoms with Gasteiger partial charge in [0, 0.05) is 17.8 Å². The van der Waals surface area contributed by atoms with Crippen LogP contribution in [0.5, 0.6) is 0 Å². The van der Waals surface area contributed by atoms with Crippen LogP contribution in [0.15, 0.2) is 24.4 Å². The van der Waals surface area contributed by atoms with Crippen LogP contribution in [0.25, 0.3) is 0 Å². The minimum Gasteiger partial charge on any atom is -0.266 e. The van der Waals surface area contributed by atoms with E-state index in [1.165, 1.54) is 5.69 Å². The lowest BCUT2D eigenvalue weighted by atomic mass is 10.4. The molecule has 0 aliphatic rings. The van der Waals surface area contributed by atoms with Crippen LogP contribution in [-0.4, -0.2) is 15.7 Å². The predicted octanol–water partition coefficient (Wildman–Crippen LogP) is 1.99. The number of hydrogen-bond acceptors (Lipinski definition) is 1. The predicted molar refractivity (Wildman–Crippen MR) is 46.8 cm³/mol. The highest BCUT2D eigenvalue weighted by Crippen LogP contribution is 1.95. The molecule has 0 aromatic carbocycles. The molecule has 0 bridgehead atoms. The lowest BCUT2D eigenvalue weighted by Gasteiger charge is -1.97. The smallest absolute Gasteiger partial charge is 0.0593 e. The first-order valence-corrected chi connectivity index (χ1v) is 4.07. The number of alkyl halides is 1. The summed E-state index contributed by atoms with van der Waals surface area (Å²) in [7, 11) is 0. The summed E-state index contributed by atoms with van der Waals surface area (Å²) in [6.45, 7) is 2.84. The van der Waals surface area contributed by atoms with Crippen molar-refractivity contribution < 1.29 is 0 Å². The van der Waals surface area contributed by atoms with Crippen LogP contribution < -0.4 is 0 Å². The molecule has 0 amide bonds. The van der Waals surface area contributed by atoms with Crippen LogP contribution in [-0.2, 0) is 6.54 Å². The van der Waals surface area contributed by atoms with Gasteiger partial charge in [-0.3, -0.25) is 4.68 Å². The highest BCUT2D eigenvalue weighted by Gasteiger charge is 1.91. The van der Waals surface area contributed by atoms with Gasteiger partial charge in [0.15, 0.2) is 0 Å². The van der Waals surface area contributed by atoms with E-state index in [1.54, 1.807) is 6.20 Å². The molecule has 0 N–H and O–H groups in total. The molecule has 0 radical (unpaired) electrons. The molecule has 0 aliphatic carbocycles. The van der Waals surface area contributed by atoms with Crippen molar-refractivity contribution in [2.75, 3.05) is 5.88 Å². The van der Waals surface area contributed by atoms with Crippen molar-refractivity contribution >= 4 is 11.6 Å². The summed E-state index contributed by atoms with van der Waals surface area (Å²) in [5.41, 5.74) is 1.17. The van der Waals surface area contributed by atoms with Crippen molar-refractivity contribution in [1.82, 2.24) is 9.78 Å². The SMILES string of the molecule is Cc1ccnn1CC=CCCl. The van der Waals surface area contributed by atoms with Gasteiger partial charge in [0.05, 0.1) is 6.54 Å². The average Bonchev–Trinajstić information content (AvgIpc) is 2.37. The molecule has 60 valence electrons. The zero-order valence-corrected chi connectivity index (χ0v) is 7.25. The van der Waals surface area contributed by atoms with Gasteiger partial charge in [-0.1, -0.05) is 12.2 Å². The number of hydrogen-bond donors (Lipinski definition) is 0. The monoisotopic (exact) mass is 170 g/mol. The second-order valence-electron chi connectivity index (χ2n) is 2.28. The molecule has 3 heteroatoms. The zero-order chi connectivity index (χ0) is 8.10. The van der Waals surface area contributed by atoms with E-state index in [-0.39, 0.29) is 0 Å². The number of aryl methyl sites for hydroxylation is 1. The summed E-state index contributed by atoms with van der Waals surface area (Å²) < 4.78 is 1.92. The molecule has 0 spiro atoms. The largest absolute Gasteiger partial charge is 0.266 e. The molecular formula is C8H11ClN2. The summed E-state index contributed by atoms with van der Waals surface area (Å²) in [5.74, 6) is 0.570. The minimum atomic E-state index is 0.570. The van der Waals surface area contributed by atoms with Crippen molar-refractivity contribution in [1.29, 1.82) is 0 Å². The quantitative estimate of drug-likeness (QED) is 0.501. The molecule has 1 heterocycles. The van der Waals surface area contributed by atoms with Gasteiger partial charge in [-0.05, 0) is 13.0 Å². The van der Waals surface area contributed by atoms with Crippen molar-refractivity contribution in [3.8, 4) is 0 Å². The molecule has 1 aromatic rings. The molecule has 1 aromatic heterocycles. The molecule has 0 aliphatic heterocycles. The summed E-state index contributed by atoms with van der Waals surface area (Å²) in [6.07, 6.45) is 5.72. The van der Waals surface area contributed by atoms with E-state index in [4.69, 9.17) is 11.6 Å². The Morgan fingerprint density at radius 3 is 3.00 bits per heavy atom. The Balaban J connectivity index is 2.50. The fraction of sp³-hybridized carbons (Fsp3) is 0.375. The third-order valence-electron chi connectivity index (χ3n) is 1.46. The Labute approximate surface area is 71.5 Å². The molecule has 0 saturated heterocycles. The van der Waals surface area contributed by atoms with Crippen molar-refractivity contribution in [2.45, 2.75) is 13.5 Å². The molecule has 11 heavy (non-hydrogen) atoms. The van der Waals surface area contributed by atoms with Crippen LogP contribution in [0.3, 0.4) is 0 Å². The first-order chi connectivity index (χ1) is 5.34. The fourth-order valence-corrected chi connectivity index (χ4v) is 0.953. The molecule has 0 atom stereocenters. The van der Waals surface area contributed by atoms with E-state index < -0.39 is 0 Å². The summed E-state index contributed by atoms with van der Waals surface area (Å²) in [4.78, 5) is 0. The van der Waals surface area contributed by atoms with E-state index in [1.807, 2.05) is 29.8 Å². The Morgan fingerprint density at radius 1 is 1.64 bits per heavy atom. The maximum atomic E-state index is 5.47. The maximum absolute atomic E-state index is 5.47. The Hall–Kier alpha value is -0.760. The first-order valence-electron chi connectivity index (χ1n) is 3.54. The Morgan fingerprint density at radius 2 is 2.45 bits per heavy atom. The maximum Gasteiger partial charge on any atom is 0.0593 e. The van der Waals surface area contributed by atoms with Gasteiger partial charge in [-0.2, -0.15) is 5.10 Å². The first kappa shape index (κ1) is 8.34. The van der Waals surface area contributed by atoms with Gasteiger partial charge >= 0.3 is 0 Å². The fourth-order valence-electron chi connectivity index (χ4n) is 0.827. The Bertz CT molecular complexity index is 240. The molecule has 1 rings (SSSR count). The number of allylic oxidation sites excluding steroid dienone is 2. The topological polar surface area (TPSA) is 17.8 Å². The molecule has 2 nitrogen and oxygen atoms in total. The van der Waals surface area contributed by atoms with Gasteiger partial charge in [-0.25, -0.2) is 0 Å². The highest BCUT2D eigenvalue weighted by molar-refractivity contribution is 6.18. The third kappa shape index (κ3) is 2.39. The Kier molecular flexibility index (Phi) is 3.17. The highest BCUT2D eigenvalue weighted by atomic mass is 35.5. The van der Waals surface area contributed by atoms with Crippen molar-refractivity contribution in [3.05, 3.63) is 30.1 Å². The molecule has 0 unspecified atom stereocenters. The van der Waals surface area contributed by atoms with E-state index in [9.17, 15) is 0 Å².